The van der Waals surface area contributed by atoms with E-state index in [-0.39, 0.29) is 5.97 Å². The van der Waals surface area contributed by atoms with Crippen molar-refractivity contribution in [3.63, 3.8) is 0 Å². The van der Waals surface area contributed by atoms with Crippen LogP contribution in [0.1, 0.15) is 27.2 Å². The van der Waals surface area contributed by atoms with Crippen molar-refractivity contribution in [2.45, 2.75) is 32.8 Å². The molecule has 0 atom stereocenters. The second-order valence-electron chi connectivity index (χ2n) is 5.16. The van der Waals surface area contributed by atoms with E-state index in [1.54, 1.807) is 14.2 Å². The second kappa shape index (κ2) is 9.30. The summed E-state index contributed by atoms with van der Waals surface area (Å²) in [5, 5.41) is 0. The molecule has 0 rings (SSSR count). The molecule has 0 spiro atoms. The molecule has 5 heteroatoms. The van der Waals surface area contributed by atoms with Crippen molar-refractivity contribution < 1.29 is 19.0 Å². The van der Waals surface area contributed by atoms with E-state index in [1.165, 1.54) is 0 Å². The third kappa shape index (κ3) is 10.5. The van der Waals surface area contributed by atoms with Crippen LogP contribution in [0.15, 0.2) is 0 Å². The largest absolute Gasteiger partial charge is 0.460 e. The summed E-state index contributed by atoms with van der Waals surface area (Å²) in [5.41, 5.74) is -0.416. The Morgan fingerprint density at radius 3 is 1.89 bits per heavy atom. The SMILES string of the molecule is COCCN(CCOC)CCC(=O)OC(C)(C)C. The van der Waals surface area contributed by atoms with Gasteiger partial charge in [-0.05, 0) is 20.8 Å². The van der Waals surface area contributed by atoms with E-state index in [0.717, 1.165) is 13.1 Å². The molecular weight excluding hydrogens is 234 g/mol. The van der Waals surface area contributed by atoms with Gasteiger partial charge in [0.25, 0.3) is 0 Å². The summed E-state index contributed by atoms with van der Waals surface area (Å²) in [7, 11) is 3.34. The first-order valence-corrected chi connectivity index (χ1v) is 6.31. The Balaban J connectivity index is 3.96. The number of esters is 1. The van der Waals surface area contributed by atoms with Crippen LogP contribution in [0.5, 0.6) is 0 Å². The van der Waals surface area contributed by atoms with E-state index >= 15 is 0 Å². The van der Waals surface area contributed by atoms with Crippen molar-refractivity contribution in [2.24, 2.45) is 0 Å². The highest BCUT2D eigenvalue weighted by molar-refractivity contribution is 5.70. The van der Waals surface area contributed by atoms with E-state index in [0.29, 0.717) is 26.2 Å². The molecule has 108 valence electrons. The summed E-state index contributed by atoms with van der Waals surface area (Å²) in [5.74, 6) is -0.165. The Labute approximate surface area is 110 Å². The molecule has 0 amide bonds. The second-order valence-corrected chi connectivity index (χ2v) is 5.16. The number of ether oxygens (including phenoxy) is 3. The quantitative estimate of drug-likeness (QED) is 0.586. The Hall–Kier alpha value is -0.650. The topological polar surface area (TPSA) is 48.0 Å². The minimum atomic E-state index is -0.416. The molecule has 0 bridgehead atoms. The Bertz CT molecular complexity index is 218. The summed E-state index contributed by atoms with van der Waals surface area (Å²) in [6, 6.07) is 0. The molecule has 0 aliphatic rings. The maximum atomic E-state index is 11.6. The van der Waals surface area contributed by atoms with Gasteiger partial charge in [-0.15, -0.1) is 0 Å². The van der Waals surface area contributed by atoms with E-state index in [4.69, 9.17) is 14.2 Å². The highest BCUT2D eigenvalue weighted by Gasteiger charge is 2.17. The summed E-state index contributed by atoms with van der Waals surface area (Å²) in [4.78, 5) is 13.7. The molecule has 0 saturated heterocycles. The van der Waals surface area contributed by atoms with Crippen molar-refractivity contribution in [1.29, 1.82) is 0 Å². The van der Waals surface area contributed by atoms with E-state index in [2.05, 4.69) is 4.90 Å². The smallest absolute Gasteiger partial charge is 0.307 e. The van der Waals surface area contributed by atoms with Crippen LogP contribution < -0.4 is 0 Å². The standard InChI is InChI=1S/C13H27NO4/c1-13(2,3)18-12(15)6-7-14(8-10-16-4)9-11-17-5/h6-11H2,1-5H3. The molecule has 0 unspecified atom stereocenters. The molecule has 0 aliphatic heterocycles. The number of nitrogens with zero attached hydrogens (tertiary/aromatic N) is 1. The highest BCUT2D eigenvalue weighted by Crippen LogP contribution is 2.08. The monoisotopic (exact) mass is 261 g/mol. The molecule has 5 nitrogen and oxygen atoms in total. The minimum Gasteiger partial charge on any atom is -0.460 e. The van der Waals surface area contributed by atoms with Crippen LogP contribution in [-0.2, 0) is 19.0 Å². The summed E-state index contributed by atoms with van der Waals surface area (Å²) < 4.78 is 15.4. The number of hydrogen-bond acceptors (Lipinski definition) is 5. The molecule has 0 fully saturated rings. The van der Waals surface area contributed by atoms with Gasteiger partial charge in [0, 0.05) is 33.9 Å². The Morgan fingerprint density at radius 2 is 1.50 bits per heavy atom. The average Bonchev–Trinajstić information content (AvgIpc) is 2.25. The molecule has 0 radical (unpaired) electrons. The summed E-state index contributed by atoms with van der Waals surface area (Å²) >= 11 is 0. The van der Waals surface area contributed by atoms with Crippen molar-refractivity contribution in [2.75, 3.05) is 47.1 Å². The van der Waals surface area contributed by atoms with Gasteiger partial charge in [0.1, 0.15) is 5.60 Å². The molecule has 0 aromatic heterocycles. The van der Waals surface area contributed by atoms with Crippen molar-refractivity contribution in [1.82, 2.24) is 4.90 Å². The first-order valence-electron chi connectivity index (χ1n) is 6.31. The molecule has 0 aromatic carbocycles. The first-order chi connectivity index (χ1) is 8.39. The Kier molecular flexibility index (Phi) is 8.97. The van der Waals surface area contributed by atoms with Gasteiger partial charge in [0.15, 0.2) is 0 Å². The molecular formula is C13H27NO4. The van der Waals surface area contributed by atoms with Crippen LogP contribution >= 0.6 is 0 Å². The molecule has 0 N–H and O–H groups in total. The summed E-state index contributed by atoms with van der Waals surface area (Å²) in [6.07, 6.45) is 0.394. The number of carbonyl (C=O) groups is 1. The molecule has 18 heavy (non-hydrogen) atoms. The maximum absolute atomic E-state index is 11.6. The van der Waals surface area contributed by atoms with Crippen LogP contribution in [0.3, 0.4) is 0 Å². The van der Waals surface area contributed by atoms with E-state index in [9.17, 15) is 4.79 Å². The zero-order chi connectivity index (χ0) is 14.0. The van der Waals surface area contributed by atoms with E-state index in [1.807, 2.05) is 20.8 Å². The van der Waals surface area contributed by atoms with Crippen LogP contribution in [0.2, 0.25) is 0 Å². The van der Waals surface area contributed by atoms with Gasteiger partial charge in [0.05, 0.1) is 19.6 Å². The van der Waals surface area contributed by atoms with Crippen LogP contribution in [0.25, 0.3) is 0 Å². The lowest BCUT2D eigenvalue weighted by Crippen LogP contribution is -2.34. The van der Waals surface area contributed by atoms with Gasteiger partial charge in [-0.25, -0.2) is 0 Å². The maximum Gasteiger partial charge on any atom is 0.307 e. The number of hydrogen-bond donors (Lipinski definition) is 0. The molecule has 0 heterocycles. The fraction of sp³-hybridized carbons (Fsp3) is 0.923. The number of methoxy groups -OCH3 is 2. The predicted molar refractivity (Wildman–Crippen MR) is 70.7 cm³/mol. The van der Waals surface area contributed by atoms with E-state index < -0.39 is 5.60 Å². The minimum absolute atomic E-state index is 0.165. The number of carbonyl (C=O) groups excluding carboxylic acids is 1. The zero-order valence-corrected chi connectivity index (χ0v) is 12.3. The molecule has 0 saturated carbocycles. The van der Waals surface area contributed by atoms with Crippen LogP contribution in [0, 0.1) is 0 Å². The molecule has 0 aromatic rings. The predicted octanol–water partition coefficient (Wildman–Crippen LogP) is 1.31. The van der Waals surface area contributed by atoms with Crippen molar-refractivity contribution >= 4 is 5.97 Å². The van der Waals surface area contributed by atoms with Crippen molar-refractivity contribution in [3.05, 3.63) is 0 Å². The third-order valence-electron chi connectivity index (χ3n) is 2.28. The number of rotatable bonds is 9. The lowest BCUT2D eigenvalue weighted by Gasteiger charge is -2.23. The third-order valence-corrected chi connectivity index (χ3v) is 2.28. The lowest BCUT2D eigenvalue weighted by atomic mass is 10.2. The molecule has 0 aliphatic carbocycles. The fourth-order valence-corrected chi connectivity index (χ4v) is 1.42. The highest BCUT2D eigenvalue weighted by atomic mass is 16.6. The van der Waals surface area contributed by atoms with Crippen LogP contribution in [0.4, 0.5) is 0 Å². The van der Waals surface area contributed by atoms with Gasteiger partial charge in [-0.3, -0.25) is 9.69 Å². The van der Waals surface area contributed by atoms with Crippen LogP contribution in [-0.4, -0.2) is 63.5 Å². The van der Waals surface area contributed by atoms with Crippen molar-refractivity contribution in [3.8, 4) is 0 Å². The van der Waals surface area contributed by atoms with Gasteiger partial charge in [-0.1, -0.05) is 0 Å². The Morgan fingerprint density at radius 1 is 1.00 bits per heavy atom. The normalized spacial score (nSPS) is 11.9. The fourth-order valence-electron chi connectivity index (χ4n) is 1.42. The lowest BCUT2D eigenvalue weighted by molar-refractivity contribution is -0.155. The van der Waals surface area contributed by atoms with Gasteiger partial charge in [0.2, 0.25) is 0 Å². The van der Waals surface area contributed by atoms with Gasteiger partial charge in [-0.2, -0.15) is 0 Å². The van der Waals surface area contributed by atoms with Gasteiger partial charge >= 0.3 is 5.97 Å². The van der Waals surface area contributed by atoms with Gasteiger partial charge < -0.3 is 14.2 Å². The first kappa shape index (κ1) is 17.4. The zero-order valence-electron chi connectivity index (χ0n) is 12.3. The summed E-state index contributed by atoms with van der Waals surface area (Å²) in [6.45, 7) is 9.18. The average molecular weight is 261 g/mol.